The number of hydrogen-bond acceptors (Lipinski definition) is 4. The molecule has 4 nitrogen and oxygen atoms in total. The van der Waals surface area contributed by atoms with Crippen LogP contribution in [0, 0.1) is 0 Å². The van der Waals surface area contributed by atoms with Gasteiger partial charge >= 0.3 is 5.97 Å². The Kier molecular flexibility index (Phi) is 6.39. The van der Waals surface area contributed by atoms with Crippen molar-refractivity contribution in [2.75, 3.05) is 20.6 Å². The Morgan fingerprint density at radius 2 is 1.65 bits per heavy atom. The van der Waals surface area contributed by atoms with Gasteiger partial charge in [0, 0.05) is 12.6 Å². The van der Waals surface area contributed by atoms with E-state index in [1.54, 1.807) is 30.3 Å². The molecule has 2 rings (SSSR count). The molecule has 0 bridgehead atoms. The molecule has 0 spiro atoms. The summed E-state index contributed by atoms with van der Waals surface area (Å²) in [4.78, 5) is 13.6. The highest BCUT2D eigenvalue weighted by atomic mass is 16.5. The lowest BCUT2D eigenvalue weighted by Gasteiger charge is -2.07. The minimum atomic E-state index is -0.384. The summed E-state index contributed by atoms with van der Waals surface area (Å²) in [5.41, 5.74) is 1.11. The van der Waals surface area contributed by atoms with E-state index in [9.17, 15) is 4.79 Å². The number of hydrogen-bond donors (Lipinski definition) is 0. The smallest absolute Gasteiger partial charge is 0.335 e. The SMILES string of the molecule is CN(C)CC=CC(=O)Oc1ccc(OCc2ccccc2)cc1. The molecule has 0 N–H and O–H groups in total. The Bertz CT molecular complexity index is 633. The summed E-state index contributed by atoms with van der Waals surface area (Å²) in [7, 11) is 3.87. The van der Waals surface area contributed by atoms with Crippen LogP contribution in [-0.2, 0) is 11.4 Å². The Morgan fingerprint density at radius 3 is 2.30 bits per heavy atom. The molecule has 0 heterocycles. The van der Waals surface area contributed by atoms with Crippen LogP contribution in [0.25, 0.3) is 0 Å². The van der Waals surface area contributed by atoms with Gasteiger partial charge in [-0.3, -0.25) is 0 Å². The molecule has 4 heteroatoms. The van der Waals surface area contributed by atoms with E-state index in [0.717, 1.165) is 11.3 Å². The maximum Gasteiger partial charge on any atom is 0.335 e. The predicted octanol–water partition coefficient (Wildman–Crippen LogP) is 3.29. The van der Waals surface area contributed by atoms with Crippen molar-refractivity contribution >= 4 is 5.97 Å². The molecule has 0 saturated heterocycles. The van der Waals surface area contributed by atoms with E-state index in [1.165, 1.54) is 6.08 Å². The first-order valence-electron chi connectivity index (χ1n) is 7.43. The van der Waals surface area contributed by atoms with Crippen molar-refractivity contribution in [3.63, 3.8) is 0 Å². The van der Waals surface area contributed by atoms with E-state index in [-0.39, 0.29) is 5.97 Å². The predicted molar refractivity (Wildman–Crippen MR) is 90.5 cm³/mol. The highest BCUT2D eigenvalue weighted by Gasteiger charge is 2.01. The summed E-state index contributed by atoms with van der Waals surface area (Å²) in [5.74, 6) is 0.846. The Hall–Kier alpha value is -2.59. The Labute approximate surface area is 137 Å². The van der Waals surface area contributed by atoms with Crippen molar-refractivity contribution in [2.45, 2.75) is 6.61 Å². The number of carbonyl (C=O) groups is 1. The minimum absolute atomic E-state index is 0.384. The normalized spacial score (nSPS) is 10.9. The molecule has 0 aliphatic rings. The minimum Gasteiger partial charge on any atom is -0.489 e. The summed E-state index contributed by atoms with van der Waals surface area (Å²) in [5, 5.41) is 0. The number of rotatable bonds is 7. The molecular formula is C19H21NO3. The van der Waals surface area contributed by atoms with Crippen LogP contribution >= 0.6 is 0 Å². The van der Waals surface area contributed by atoms with Crippen molar-refractivity contribution in [1.29, 1.82) is 0 Å². The fourth-order valence-corrected chi connectivity index (χ4v) is 1.85. The maximum atomic E-state index is 11.6. The lowest BCUT2D eigenvalue weighted by atomic mass is 10.2. The molecule has 23 heavy (non-hydrogen) atoms. The van der Waals surface area contributed by atoms with Crippen molar-refractivity contribution in [3.8, 4) is 11.5 Å². The van der Waals surface area contributed by atoms with Gasteiger partial charge in [0.05, 0.1) is 0 Å². The van der Waals surface area contributed by atoms with Gasteiger partial charge in [-0.05, 0) is 43.9 Å². The van der Waals surface area contributed by atoms with Gasteiger partial charge in [-0.15, -0.1) is 0 Å². The van der Waals surface area contributed by atoms with Crippen LogP contribution in [0.3, 0.4) is 0 Å². The zero-order valence-electron chi connectivity index (χ0n) is 13.4. The molecule has 0 aliphatic carbocycles. The lowest BCUT2D eigenvalue weighted by Crippen LogP contribution is -2.11. The topological polar surface area (TPSA) is 38.8 Å². The monoisotopic (exact) mass is 311 g/mol. The van der Waals surface area contributed by atoms with E-state index in [4.69, 9.17) is 9.47 Å². The fourth-order valence-electron chi connectivity index (χ4n) is 1.85. The van der Waals surface area contributed by atoms with Gasteiger partial charge in [-0.25, -0.2) is 4.79 Å². The van der Waals surface area contributed by atoms with Crippen LogP contribution in [0.1, 0.15) is 5.56 Å². The van der Waals surface area contributed by atoms with Crippen LogP contribution in [0.5, 0.6) is 11.5 Å². The molecule has 2 aromatic rings. The first-order chi connectivity index (χ1) is 11.1. The molecule has 0 atom stereocenters. The zero-order valence-corrected chi connectivity index (χ0v) is 13.4. The fraction of sp³-hybridized carbons (Fsp3) is 0.211. The second kappa shape index (κ2) is 8.76. The number of carbonyl (C=O) groups excluding carboxylic acids is 1. The molecule has 0 saturated carbocycles. The maximum absolute atomic E-state index is 11.6. The van der Waals surface area contributed by atoms with E-state index in [2.05, 4.69) is 0 Å². The van der Waals surface area contributed by atoms with Crippen LogP contribution in [0.4, 0.5) is 0 Å². The third-order valence-electron chi connectivity index (χ3n) is 3.01. The van der Waals surface area contributed by atoms with Gasteiger partial charge < -0.3 is 14.4 Å². The van der Waals surface area contributed by atoms with E-state index in [0.29, 0.717) is 18.9 Å². The number of esters is 1. The van der Waals surface area contributed by atoms with E-state index >= 15 is 0 Å². The van der Waals surface area contributed by atoms with Crippen molar-refractivity contribution < 1.29 is 14.3 Å². The largest absolute Gasteiger partial charge is 0.489 e. The average Bonchev–Trinajstić information content (AvgIpc) is 2.55. The van der Waals surface area contributed by atoms with Gasteiger partial charge in [0.1, 0.15) is 18.1 Å². The summed E-state index contributed by atoms with van der Waals surface area (Å²) < 4.78 is 10.9. The van der Waals surface area contributed by atoms with Gasteiger partial charge in [0.25, 0.3) is 0 Å². The molecule has 0 aromatic heterocycles. The average molecular weight is 311 g/mol. The number of ether oxygens (including phenoxy) is 2. The first-order valence-corrected chi connectivity index (χ1v) is 7.43. The van der Waals surface area contributed by atoms with Crippen molar-refractivity contribution in [3.05, 3.63) is 72.3 Å². The van der Waals surface area contributed by atoms with Crippen molar-refractivity contribution in [1.82, 2.24) is 4.90 Å². The molecule has 0 aliphatic heterocycles. The Morgan fingerprint density at radius 1 is 1.00 bits per heavy atom. The number of nitrogens with zero attached hydrogens (tertiary/aromatic N) is 1. The summed E-state index contributed by atoms with van der Waals surface area (Å²) in [6, 6.07) is 17.0. The van der Waals surface area contributed by atoms with Crippen LogP contribution < -0.4 is 9.47 Å². The highest BCUT2D eigenvalue weighted by molar-refractivity contribution is 5.84. The van der Waals surface area contributed by atoms with Gasteiger partial charge in [-0.2, -0.15) is 0 Å². The van der Waals surface area contributed by atoms with E-state index < -0.39 is 0 Å². The molecule has 120 valence electrons. The molecule has 0 fully saturated rings. The molecule has 2 aromatic carbocycles. The number of likely N-dealkylation sites (N-methyl/N-ethyl adjacent to an activating group) is 1. The Balaban J connectivity index is 1.82. The molecule has 0 amide bonds. The second-order valence-corrected chi connectivity index (χ2v) is 5.33. The molecule has 0 radical (unpaired) electrons. The standard InChI is InChI=1S/C19H21NO3/c1-20(2)14-6-9-19(21)23-18-12-10-17(11-13-18)22-15-16-7-4-3-5-8-16/h3-13H,14-15H2,1-2H3. The summed E-state index contributed by atoms with van der Waals surface area (Å²) in [6.45, 7) is 1.20. The first kappa shape index (κ1) is 16.8. The van der Waals surface area contributed by atoms with Crippen molar-refractivity contribution in [2.24, 2.45) is 0 Å². The summed E-state index contributed by atoms with van der Waals surface area (Å²) >= 11 is 0. The van der Waals surface area contributed by atoms with Crippen LogP contribution in [-0.4, -0.2) is 31.5 Å². The third kappa shape index (κ3) is 6.36. The molecule has 0 unspecified atom stereocenters. The zero-order chi connectivity index (χ0) is 16.5. The third-order valence-corrected chi connectivity index (χ3v) is 3.01. The van der Waals surface area contributed by atoms with Crippen LogP contribution in [0.2, 0.25) is 0 Å². The second-order valence-electron chi connectivity index (χ2n) is 5.33. The summed E-state index contributed by atoms with van der Waals surface area (Å²) in [6.07, 6.45) is 3.19. The van der Waals surface area contributed by atoms with Gasteiger partial charge in [-0.1, -0.05) is 36.4 Å². The lowest BCUT2D eigenvalue weighted by molar-refractivity contribution is -0.129. The van der Waals surface area contributed by atoms with Gasteiger partial charge in [0.2, 0.25) is 0 Å². The highest BCUT2D eigenvalue weighted by Crippen LogP contribution is 2.18. The van der Waals surface area contributed by atoms with E-state index in [1.807, 2.05) is 49.3 Å². The number of benzene rings is 2. The van der Waals surface area contributed by atoms with Crippen LogP contribution in [0.15, 0.2) is 66.7 Å². The van der Waals surface area contributed by atoms with Gasteiger partial charge in [0.15, 0.2) is 0 Å². The molecular weight excluding hydrogens is 290 g/mol. The quantitative estimate of drug-likeness (QED) is 0.447.